The first-order valence-corrected chi connectivity index (χ1v) is 20.5. The highest BCUT2D eigenvalue weighted by Gasteiger charge is 2.12. The fourth-order valence-electron chi connectivity index (χ4n) is 6.87. The van der Waals surface area contributed by atoms with Gasteiger partial charge in [0, 0.05) is 58.4 Å². The average molecular weight is 813 g/mol. The summed E-state index contributed by atoms with van der Waals surface area (Å²) in [5, 5.41) is 6.30. The molecule has 0 radical (unpaired) electrons. The van der Waals surface area contributed by atoms with E-state index in [2.05, 4.69) is 92.0 Å². The van der Waals surface area contributed by atoms with Crippen molar-refractivity contribution in [2.45, 2.75) is 26.2 Å². The van der Waals surface area contributed by atoms with Crippen molar-refractivity contribution in [1.29, 1.82) is 0 Å². The monoisotopic (exact) mass is 812 g/mol. The number of carbonyl (C=O) groups is 2. The highest BCUT2D eigenvalue weighted by atomic mass is 16.5. The van der Waals surface area contributed by atoms with Gasteiger partial charge >= 0.3 is 11.9 Å². The van der Waals surface area contributed by atoms with Crippen LogP contribution in [-0.2, 0) is 25.5 Å². The van der Waals surface area contributed by atoms with Crippen molar-refractivity contribution in [3.63, 3.8) is 0 Å². The first-order chi connectivity index (χ1) is 30.4. The van der Waals surface area contributed by atoms with Gasteiger partial charge in [0.05, 0.1) is 26.4 Å². The molecule has 0 aliphatic carbocycles. The van der Waals surface area contributed by atoms with Crippen LogP contribution in [-0.4, -0.2) is 38.4 Å². The van der Waals surface area contributed by atoms with Gasteiger partial charge in [0.1, 0.15) is 11.5 Å². The highest BCUT2D eigenvalue weighted by Crippen LogP contribution is 2.32. The Bertz CT molecular complexity index is 2940. The van der Waals surface area contributed by atoms with E-state index in [-0.39, 0.29) is 13.2 Å². The Morgan fingerprint density at radius 2 is 0.952 bits per heavy atom. The molecule has 0 amide bonds. The zero-order valence-corrected chi connectivity index (χ0v) is 34.6. The molecule has 0 aromatic heterocycles. The smallest absolute Gasteiger partial charge is 0.330 e. The third-order valence-corrected chi connectivity index (χ3v) is 10.0. The topological polar surface area (TPSA) is 71.1 Å². The van der Waals surface area contributed by atoms with Crippen LogP contribution < -0.4 is 9.47 Å². The van der Waals surface area contributed by atoms with E-state index in [4.69, 9.17) is 18.9 Å². The van der Waals surface area contributed by atoms with Crippen LogP contribution >= 0.6 is 0 Å². The summed E-state index contributed by atoms with van der Waals surface area (Å²) in [6.45, 7) is 10.4. The number of benzene rings is 7. The second kappa shape index (κ2) is 20.8. The largest absolute Gasteiger partial charge is 0.493 e. The molecule has 0 heterocycles. The van der Waals surface area contributed by atoms with Crippen molar-refractivity contribution in [3.8, 4) is 47.0 Å². The van der Waals surface area contributed by atoms with E-state index in [1.807, 2.05) is 91.0 Å². The number of hydrogen-bond donors (Lipinski definition) is 0. The number of rotatable bonds is 13. The Kier molecular flexibility index (Phi) is 14.2. The van der Waals surface area contributed by atoms with Gasteiger partial charge in [-0.3, -0.25) is 0 Å². The quantitative estimate of drug-likeness (QED) is 0.0380. The van der Waals surface area contributed by atoms with Crippen molar-refractivity contribution in [2.75, 3.05) is 26.4 Å². The van der Waals surface area contributed by atoms with Crippen LogP contribution in [0.25, 0.3) is 32.3 Å². The standard InChI is InChI=1S/C56H44O6/c1-4-43-38-47(59-33-11-35-61-55(57)5-2)29-27-44(43)25-21-40-17-19-41(20-18-40)23-31-53-49-13-7-9-15-51(49)54(52-16-10-8-14-50(52)53)32-24-42-22-26-46-39-48(30-28-45(46)37-42)60-34-12-36-62-56(58)6-3/h5-10,13-20,22,26-30,37-39H,2-4,11-12,33-36H2,1H3. The molecule has 0 spiro atoms. The number of carbonyl (C=O) groups excluding carboxylic acids is 2. The van der Waals surface area contributed by atoms with Crippen molar-refractivity contribution in [1.82, 2.24) is 0 Å². The lowest BCUT2D eigenvalue weighted by molar-refractivity contribution is -0.138. The molecule has 0 fully saturated rings. The number of ether oxygens (including phenoxy) is 4. The van der Waals surface area contributed by atoms with E-state index >= 15 is 0 Å². The van der Waals surface area contributed by atoms with Crippen molar-refractivity contribution < 1.29 is 28.5 Å². The lowest BCUT2D eigenvalue weighted by atomic mass is 9.91. The van der Waals surface area contributed by atoms with E-state index in [9.17, 15) is 9.59 Å². The summed E-state index contributed by atoms with van der Waals surface area (Å²) in [5.74, 6) is 21.2. The summed E-state index contributed by atoms with van der Waals surface area (Å²) in [5.41, 5.74) is 6.67. The second-order valence-corrected chi connectivity index (χ2v) is 14.2. The van der Waals surface area contributed by atoms with Gasteiger partial charge in [-0.05, 0) is 111 Å². The van der Waals surface area contributed by atoms with Gasteiger partial charge in [-0.1, -0.05) is 116 Å². The molecule has 7 aromatic rings. The minimum atomic E-state index is -0.432. The number of esters is 2. The Morgan fingerprint density at radius 3 is 1.48 bits per heavy atom. The van der Waals surface area contributed by atoms with Gasteiger partial charge in [0.2, 0.25) is 0 Å². The van der Waals surface area contributed by atoms with Crippen molar-refractivity contribution in [3.05, 3.63) is 192 Å². The molecule has 62 heavy (non-hydrogen) atoms. The summed E-state index contributed by atoms with van der Waals surface area (Å²) in [6.07, 6.45) is 4.30. The van der Waals surface area contributed by atoms with Crippen LogP contribution in [0.15, 0.2) is 153 Å². The molecule has 0 aliphatic rings. The van der Waals surface area contributed by atoms with Crippen molar-refractivity contribution >= 4 is 44.3 Å². The van der Waals surface area contributed by atoms with E-state index < -0.39 is 11.9 Å². The summed E-state index contributed by atoms with van der Waals surface area (Å²) in [6, 6.07) is 42.8. The predicted molar refractivity (Wildman–Crippen MR) is 248 cm³/mol. The molecule has 0 bridgehead atoms. The molecule has 0 saturated carbocycles. The molecule has 0 unspecified atom stereocenters. The van der Waals surface area contributed by atoms with Gasteiger partial charge in [0.15, 0.2) is 0 Å². The zero-order valence-electron chi connectivity index (χ0n) is 34.6. The van der Waals surface area contributed by atoms with Gasteiger partial charge < -0.3 is 18.9 Å². The lowest BCUT2D eigenvalue weighted by Gasteiger charge is -2.10. The fraction of sp³-hybridized carbons (Fsp3) is 0.143. The minimum Gasteiger partial charge on any atom is -0.493 e. The van der Waals surface area contributed by atoms with E-state index in [0.717, 1.165) is 101 Å². The number of hydrogen-bond acceptors (Lipinski definition) is 6. The van der Waals surface area contributed by atoms with Crippen LogP contribution in [0.3, 0.4) is 0 Å². The fourth-order valence-corrected chi connectivity index (χ4v) is 6.87. The Balaban J connectivity index is 1.07. The molecule has 304 valence electrons. The number of fused-ring (bicyclic) bond motifs is 3. The van der Waals surface area contributed by atoms with Crippen LogP contribution in [0.5, 0.6) is 11.5 Å². The molecule has 0 aliphatic heterocycles. The summed E-state index contributed by atoms with van der Waals surface area (Å²) < 4.78 is 21.8. The SMILES string of the molecule is C=CC(=O)OCCCOc1ccc(C#Cc2ccc(C#Cc3c4ccccc4c(C#Cc4ccc5cc(OCCCOC(=O)C=C)ccc5c4)c4ccccc34)cc2)c(CC)c1. The molecule has 7 aromatic carbocycles. The van der Waals surface area contributed by atoms with Crippen molar-refractivity contribution in [2.24, 2.45) is 0 Å². The Labute approximate surface area is 362 Å². The molecular weight excluding hydrogens is 769 g/mol. The van der Waals surface area contributed by atoms with Gasteiger partial charge in [-0.15, -0.1) is 0 Å². The molecule has 7 rings (SSSR count). The summed E-state index contributed by atoms with van der Waals surface area (Å²) in [7, 11) is 0. The van der Waals surface area contributed by atoms with Crippen LogP contribution in [0.1, 0.15) is 58.7 Å². The maximum Gasteiger partial charge on any atom is 0.330 e. The lowest BCUT2D eigenvalue weighted by Crippen LogP contribution is -2.06. The maximum absolute atomic E-state index is 11.2. The first-order valence-electron chi connectivity index (χ1n) is 20.5. The molecule has 0 atom stereocenters. The van der Waals surface area contributed by atoms with Crippen LogP contribution in [0.2, 0.25) is 0 Å². The third kappa shape index (κ3) is 10.8. The summed E-state index contributed by atoms with van der Waals surface area (Å²) in [4.78, 5) is 22.5. The Morgan fingerprint density at radius 1 is 0.500 bits per heavy atom. The molecule has 6 heteroatoms. The number of aryl methyl sites for hydroxylation is 1. The van der Waals surface area contributed by atoms with Crippen LogP contribution in [0.4, 0.5) is 0 Å². The molecular formula is C56H44O6. The first kappa shape index (κ1) is 42.2. The average Bonchev–Trinajstić information content (AvgIpc) is 3.31. The van der Waals surface area contributed by atoms with E-state index in [1.54, 1.807) is 0 Å². The van der Waals surface area contributed by atoms with Crippen LogP contribution in [0, 0.1) is 35.5 Å². The third-order valence-electron chi connectivity index (χ3n) is 10.0. The molecule has 0 N–H and O–H groups in total. The molecule has 6 nitrogen and oxygen atoms in total. The van der Waals surface area contributed by atoms with Gasteiger partial charge in [-0.25, -0.2) is 9.59 Å². The van der Waals surface area contributed by atoms with Gasteiger partial charge in [0.25, 0.3) is 0 Å². The second-order valence-electron chi connectivity index (χ2n) is 14.2. The molecule has 0 saturated heterocycles. The zero-order chi connectivity index (χ0) is 43.1. The summed E-state index contributed by atoms with van der Waals surface area (Å²) >= 11 is 0. The predicted octanol–water partition coefficient (Wildman–Crippen LogP) is 10.9. The van der Waals surface area contributed by atoms with E-state index in [0.29, 0.717) is 26.1 Å². The van der Waals surface area contributed by atoms with E-state index in [1.165, 1.54) is 0 Å². The maximum atomic E-state index is 11.2. The Hall–Kier alpha value is -7.98. The highest BCUT2D eigenvalue weighted by molar-refractivity contribution is 6.10. The van der Waals surface area contributed by atoms with Gasteiger partial charge in [-0.2, -0.15) is 0 Å². The normalized spacial score (nSPS) is 10.3. The minimum absolute atomic E-state index is 0.284.